The summed E-state index contributed by atoms with van der Waals surface area (Å²) in [6, 6.07) is 1.25. The molecule has 17 heavy (non-hydrogen) atoms. The summed E-state index contributed by atoms with van der Waals surface area (Å²) in [5.74, 6) is -0.937. The van der Waals surface area contributed by atoms with E-state index in [1.54, 1.807) is 0 Å². The number of rotatable bonds is 4. The SMILES string of the molecule is COc1cc(CBr)nc(C=O)c1OC(F)(F)F. The first-order valence-corrected chi connectivity index (χ1v) is 5.38. The van der Waals surface area contributed by atoms with Crippen molar-refractivity contribution < 1.29 is 27.4 Å². The zero-order valence-electron chi connectivity index (χ0n) is 8.55. The number of methoxy groups -OCH3 is 1. The van der Waals surface area contributed by atoms with E-state index >= 15 is 0 Å². The van der Waals surface area contributed by atoms with E-state index in [2.05, 4.69) is 25.7 Å². The van der Waals surface area contributed by atoms with Crippen molar-refractivity contribution in [2.24, 2.45) is 0 Å². The Balaban J connectivity index is 3.29. The smallest absolute Gasteiger partial charge is 0.493 e. The zero-order valence-corrected chi connectivity index (χ0v) is 10.1. The zero-order chi connectivity index (χ0) is 13.1. The summed E-state index contributed by atoms with van der Waals surface area (Å²) in [6.45, 7) is 0. The van der Waals surface area contributed by atoms with E-state index < -0.39 is 17.8 Å². The first kappa shape index (κ1) is 13.8. The number of aldehydes is 1. The maximum absolute atomic E-state index is 12.1. The minimum absolute atomic E-state index is 0.176. The third-order valence-electron chi connectivity index (χ3n) is 1.70. The summed E-state index contributed by atoms with van der Waals surface area (Å²) in [4.78, 5) is 14.4. The second kappa shape index (κ2) is 5.35. The average Bonchev–Trinajstić information content (AvgIpc) is 2.27. The lowest BCUT2D eigenvalue weighted by Gasteiger charge is -2.14. The van der Waals surface area contributed by atoms with Gasteiger partial charge in [0.05, 0.1) is 12.8 Å². The van der Waals surface area contributed by atoms with Gasteiger partial charge in [0.15, 0.2) is 17.8 Å². The molecule has 0 radical (unpaired) electrons. The largest absolute Gasteiger partial charge is 0.573 e. The van der Waals surface area contributed by atoms with Crippen LogP contribution >= 0.6 is 15.9 Å². The molecule has 4 nitrogen and oxygen atoms in total. The second-order valence-electron chi connectivity index (χ2n) is 2.83. The average molecular weight is 314 g/mol. The fourth-order valence-corrected chi connectivity index (χ4v) is 1.39. The Bertz CT molecular complexity index is 423. The fourth-order valence-electron chi connectivity index (χ4n) is 1.10. The van der Waals surface area contributed by atoms with Gasteiger partial charge >= 0.3 is 6.36 Å². The summed E-state index contributed by atoms with van der Waals surface area (Å²) in [6.07, 6.45) is -4.74. The van der Waals surface area contributed by atoms with Gasteiger partial charge in [0.1, 0.15) is 5.69 Å². The van der Waals surface area contributed by atoms with Crippen molar-refractivity contribution in [3.63, 3.8) is 0 Å². The molecule has 1 aromatic rings. The molecule has 0 saturated heterocycles. The van der Waals surface area contributed by atoms with Crippen LogP contribution in [0.25, 0.3) is 0 Å². The minimum Gasteiger partial charge on any atom is -0.493 e. The highest BCUT2D eigenvalue weighted by Gasteiger charge is 2.34. The number of hydrogen-bond donors (Lipinski definition) is 0. The Hall–Kier alpha value is -1.31. The van der Waals surface area contributed by atoms with Gasteiger partial charge in [-0.05, 0) is 0 Å². The third-order valence-corrected chi connectivity index (χ3v) is 2.28. The second-order valence-corrected chi connectivity index (χ2v) is 3.39. The molecular weight excluding hydrogens is 307 g/mol. The summed E-state index contributed by atoms with van der Waals surface area (Å²) >= 11 is 3.07. The maximum Gasteiger partial charge on any atom is 0.573 e. The van der Waals surface area contributed by atoms with Crippen LogP contribution in [0.5, 0.6) is 11.5 Å². The van der Waals surface area contributed by atoms with Gasteiger partial charge < -0.3 is 9.47 Å². The summed E-state index contributed by atoms with van der Waals surface area (Å²) in [5, 5.41) is 0.274. The van der Waals surface area contributed by atoms with Gasteiger partial charge in [-0.2, -0.15) is 0 Å². The van der Waals surface area contributed by atoms with Crippen molar-refractivity contribution in [1.29, 1.82) is 0 Å². The van der Waals surface area contributed by atoms with Crippen molar-refractivity contribution in [3.8, 4) is 11.5 Å². The molecule has 0 atom stereocenters. The highest BCUT2D eigenvalue weighted by molar-refractivity contribution is 9.08. The van der Waals surface area contributed by atoms with Crippen molar-refractivity contribution in [3.05, 3.63) is 17.5 Å². The number of ether oxygens (including phenoxy) is 2. The van der Waals surface area contributed by atoms with Crippen LogP contribution in [-0.4, -0.2) is 24.7 Å². The molecule has 0 N–H and O–H groups in total. The maximum atomic E-state index is 12.1. The molecule has 94 valence electrons. The lowest BCUT2D eigenvalue weighted by atomic mass is 10.2. The summed E-state index contributed by atoms with van der Waals surface area (Å²) in [5.41, 5.74) is -0.102. The summed E-state index contributed by atoms with van der Waals surface area (Å²) in [7, 11) is 1.17. The van der Waals surface area contributed by atoms with Crippen LogP contribution in [0, 0.1) is 0 Å². The minimum atomic E-state index is -4.91. The lowest BCUT2D eigenvalue weighted by Crippen LogP contribution is -2.19. The van der Waals surface area contributed by atoms with Crippen molar-refractivity contribution >= 4 is 22.2 Å². The van der Waals surface area contributed by atoms with Crippen molar-refractivity contribution in [1.82, 2.24) is 4.98 Å². The molecule has 1 aromatic heterocycles. The molecule has 0 aromatic carbocycles. The number of pyridine rings is 1. The molecule has 8 heteroatoms. The monoisotopic (exact) mass is 313 g/mol. The third kappa shape index (κ3) is 3.58. The molecule has 0 aliphatic carbocycles. The van der Waals surface area contributed by atoms with E-state index in [1.807, 2.05) is 0 Å². The van der Waals surface area contributed by atoms with Gasteiger partial charge in [-0.15, -0.1) is 13.2 Å². The summed E-state index contributed by atoms with van der Waals surface area (Å²) < 4.78 is 44.8. The predicted molar refractivity (Wildman–Crippen MR) is 55.5 cm³/mol. The van der Waals surface area contributed by atoms with E-state index in [9.17, 15) is 18.0 Å². The van der Waals surface area contributed by atoms with E-state index in [1.165, 1.54) is 13.2 Å². The van der Waals surface area contributed by atoms with Gasteiger partial charge in [0.25, 0.3) is 0 Å². The van der Waals surface area contributed by atoms with Gasteiger partial charge in [-0.25, -0.2) is 4.98 Å². The van der Waals surface area contributed by atoms with Crippen molar-refractivity contribution in [2.75, 3.05) is 7.11 Å². The molecule has 0 fully saturated rings. The van der Waals surface area contributed by atoms with Crippen molar-refractivity contribution in [2.45, 2.75) is 11.7 Å². The van der Waals surface area contributed by atoms with E-state index in [0.29, 0.717) is 5.69 Å². The molecular formula is C9H7BrF3NO3. The highest BCUT2D eigenvalue weighted by Crippen LogP contribution is 2.34. The van der Waals surface area contributed by atoms with Gasteiger partial charge in [-0.3, -0.25) is 4.79 Å². The number of nitrogens with zero attached hydrogens (tertiary/aromatic N) is 1. The van der Waals surface area contributed by atoms with Crippen LogP contribution in [0.15, 0.2) is 6.07 Å². The van der Waals surface area contributed by atoms with E-state index in [4.69, 9.17) is 4.74 Å². The molecule has 0 bridgehead atoms. The van der Waals surface area contributed by atoms with Crippen LogP contribution < -0.4 is 9.47 Å². The first-order chi connectivity index (χ1) is 7.91. The number of carbonyl (C=O) groups is 1. The highest BCUT2D eigenvalue weighted by atomic mass is 79.9. The number of alkyl halides is 4. The first-order valence-electron chi connectivity index (χ1n) is 4.26. The van der Waals surface area contributed by atoms with Crippen LogP contribution in [0.1, 0.15) is 16.2 Å². The molecule has 0 amide bonds. The number of halogens is 4. The Morgan fingerprint density at radius 2 is 2.18 bits per heavy atom. The number of aromatic nitrogens is 1. The molecule has 1 heterocycles. The Morgan fingerprint density at radius 1 is 1.53 bits per heavy atom. The Morgan fingerprint density at radius 3 is 2.59 bits per heavy atom. The Kier molecular flexibility index (Phi) is 4.33. The molecule has 1 rings (SSSR count). The standard InChI is InChI=1S/C9H7BrF3NO3/c1-16-7-2-5(3-10)14-6(4-15)8(7)17-9(11,12)13/h2,4H,3H2,1H3. The topological polar surface area (TPSA) is 48.4 Å². The van der Waals surface area contributed by atoms with Crippen LogP contribution in [0.2, 0.25) is 0 Å². The molecule has 0 unspecified atom stereocenters. The molecule has 0 spiro atoms. The van der Waals surface area contributed by atoms with Gasteiger partial charge in [0, 0.05) is 11.4 Å². The lowest BCUT2D eigenvalue weighted by molar-refractivity contribution is -0.275. The van der Waals surface area contributed by atoms with Crippen LogP contribution in [0.4, 0.5) is 13.2 Å². The van der Waals surface area contributed by atoms with Crippen LogP contribution in [-0.2, 0) is 5.33 Å². The molecule has 0 saturated carbocycles. The van der Waals surface area contributed by atoms with E-state index in [0.717, 1.165) is 0 Å². The van der Waals surface area contributed by atoms with Crippen LogP contribution in [0.3, 0.4) is 0 Å². The normalized spacial score (nSPS) is 11.1. The quantitative estimate of drug-likeness (QED) is 0.633. The Labute approximate surface area is 103 Å². The molecule has 0 aliphatic heterocycles. The van der Waals surface area contributed by atoms with Gasteiger partial charge in [-0.1, -0.05) is 15.9 Å². The van der Waals surface area contributed by atoms with E-state index in [-0.39, 0.29) is 17.4 Å². The fraction of sp³-hybridized carbons (Fsp3) is 0.333. The predicted octanol–water partition coefficient (Wildman–Crippen LogP) is 2.70. The van der Waals surface area contributed by atoms with Gasteiger partial charge in [0.2, 0.25) is 0 Å². The number of carbonyl (C=O) groups excluding carboxylic acids is 1. The number of hydrogen-bond acceptors (Lipinski definition) is 4. The molecule has 0 aliphatic rings.